The molecule has 0 aliphatic rings. The number of carbonyl (C=O) groups excluding carboxylic acids is 4. The van der Waals surface area contributed by atoms with Gasteiger partial charge in [-0.05, 0) is 49.6 Å². The van der Waals surface area contributed by atoms with E-state index in [2.05, 4.69) is 0 Å². The second kappa shape index (κ2) is 16.5. The summed E-state index contributed by atoms with van der Waals surface area (Å²) in [5, 5.41) is 0. The molecular weight excluding hydrogens is 542 g/mol. The van der Waals surface area contributed by atoms with E-state index in [1.807, 2.05) is 13.8 Å². The van der Waals surface area contributed by atoms with Crippen molar-refractivity contribution in [2.24, 2.45) is 17.6 Å². The van der Waals surface area contributed by atoms with Gasteiger partial charge in [0.15, 0.2) is 11.5 Å². The van der Waals surface area contributed by atoms with Gasteiger partial charge in [0.05, 0.1) is 18.9 Å². The summed E-state index contributed by atoms with van der Waals surface area (Å²) in [6.45, 7) is 9.05. The molecule has 0 heterocycles. The van der Waals surface area contributed by atoms with Crippen molar-refractivity contribution in [3.63, 3.8) is 0 Å². The van der Waals surface area contributed by atoms with Crippen LogP contribution >= 0.6 is 0 Å². The Morgan fingerprint density at radius 1 is 0.810 bits per heavy atom. The van der Waals surface area contributed by atoms with Crippen molar-refractivity contribution in [3.05, 3.63) is 54.1 Å². The number of hydrogen-bond donors (Lipinski definition) is 1. The van der Waals surface area contributed by atoms with Crippen molar-refractivity contribution >= 4 is 24.1 Å². The van der Waals surface area contributed by atoms with Crippen molar-refractivity contribution in [1.82, 2.24) is 0 Å². The first-order chi connectivity index (χ1) is 19.9. The number of nitrogens with two attached hydrogens (primary N) is 1. The lowest BCUT2D eigenvalue weighted by Gasteiger charge is -2.29. The second-order valence-corrected chi connectivity index (χ2v) is 10.6. The predicted molar refractivity (Wildman–Crippen MR) is 156 cm³/mol. The zero-order chi connectivity index (χ0) is 31.3. The molecule has 0 radical (unpaired) electrons. The molecule has 10 heteroatoms. The summed E-state index contributed by atoms with van der Waals surface area (Å²) >= 11 is 0. The van der Waals surface area contributed by atoms with Crippen molar-refractivity contribution in [2.45, 2.75) is 84.8 Å². The van der Waals surface area contributed by atoms with Gasteiger partial charge in [-0.15, -0.1) is 0 Å². The van der Waals surface area contributed by atoms with E-state index < -0.39 is 35.7 Å². The smallest absolute Gasteiger partial charge is 0.468 e. The number of para-hydroxylation sites is 1. The topological polar surface area (TPSA) is 140 Å². The lowest BCUT2D eigenvalue weighted by Crippen LogP contribution is -2.53. The van der Waals surface area contributed by atoms with Gasteiger partial charge in [0.2, 0.25) is 0 Å². The first-order valence-electron chi connectivity index (χ1n) is 14.3. The average molecular weight is 586 g/mol. The SMILES string of the molecule is CCCC(C)C(=O)Oc1ccc(C[C@](N)(CC(C)OC(=O)Oc2ccccc2)C(=O)OC)cc1OC(=O)C(C)CCC. The molecule has 2 N–H and O–H groups in total. The Balaban J connectivity index is 2.29. The molecule has 230 valence electrons. The van der Waals surface area contributed by atoms with Crippen LogP contribution in [-0.2, 0) is 30.3 Å². The van der Waals surface area contributed by atoms with E-state index in [9.17, 15) is 19.2 Å². The normalized spacial score (nSPS) is 14.5. The third kappa shape index (κ3) is 10.5. The number of methoxy groups -OCH3 is 1. The van der Waals surface area contributed by atoms with Gasteiger partial charge in [-0.25, -0.2) is 4.79 Å². The third-order valence-electron chi connectivity index (χ3n) is 6.68. The summed E-state index contributed by atoms with van der Waals surface area (Å²) in [7, 11) is 1.21. The van der Waals surface area contributed by atoms with Crippen LogP contribution < -0.4 is 19.9 Å². The summed E-state index contributed by atoms with van der Waals surface area (Å²) < 4.78 is 26.8. The van der Waals surface area contributed by atoms with E-state index in [4.69, 9.17) is 29.4 Å². The molecule has 2 aromatic rings. The molecule has 0 bridgehead atoms. The Labute approximate surface area is 247 Å². The zero-order valence-corrected chi connectivity index (χ0v) is 25.3. The highest BCUT2D eigenvalue weighted by molar-refractivity contribution is 5.81. The van der Waals surface area contributed by atoms with Crippen molar-refractivity contribution < 1.29 is 42.9 Å². The van der Waals surface area contributed by atoms with E-state index in [1.54, 1.807) is 57.2 Å². The van der Waals surface area contributed by atoms with E-state index >= 15 is 0 Å². The summed E-state index contributed by atoms with van der Waals surface area (Å²) in [5.41, 5.74) is 5.43. The molecule has 0 aliphatic carbocycles. The van der Waals surface area contributed by atoms with Gasteiger partial charge in [-0.3, -0.25) is 14.4 Å². The molecule has 0 aliphatic heterocycles. The van der Waals surface area contributed by atoms with Crippen LogP contribution in [0.1, 0.15) is 72.3 Å². The Kier molecular flexibility index (Phi) is 13.5. The molecule has 42 heavy (non-hydrogen) atoms. The van der Waals surface area contributed by atoms with Gasteiger partial charge in [0.1, 0.15) is 17.4 Å². The van der Waals surface area contributed by atoms with Crippen LogP contribution in [0.3, 0.4) is 0 Å². The molecule has 0 fully saturated rings. The van der Waals surface area contributed by atoms with Gasteiger partial charge >= 0.3 is 24.1 Å². The number of hydrogen-bond acceptors (Lipinski definition) is 10. The van der Waals surface area contributed by atoms with E-state index in [0.29, 0.717) is 24.2 Å². The maximum atomic E-state index is 12.8. The molecular formula is C32H43NO9. The van der Waals surface area contributed by atoms with Crippen LogP contribution in [0.25, 0.3) is 0 Å². The number of benzene rings is 2. The Morgan fingerprint density at radius 3 is 1.93 bits per heavy atom. The third-order valence-corrected chi connectivity index (χ3v) is 6.68. The first kappa shape index (κ1) is 34.3. The number of carbonyl (C=O) groups is 4. The number of rotatable bonds is 15. The highest BCUT2D eigenvalue weighted by Gasteiger charge is 2.38. The lowest BCUT2D eigenvalue weighted by atomic mass is 9.86. The largest absolute Gasteiger partial charge is 0.514 e. The minimum Gasteiger partial charge on any atom is -0.468 e. The Morgan fingerprint density at radius 2 is 1.38 bits per heavy atom. The van der Waals surface area contributed by atoms with Gasteiger partial charge < -0.3 is 29.4 Å². The van der Waals surface area contributed by atoms with E-state index in [1.165, 1.54) is 19.2 Å². The molecule has 10 nitrogen and oxygen atoms in total. The Bertz CT molecular complexity index is 1200. The molecule has 0 spiro atoms. The van der Waals surface area contributed by atoms with Crippen LogP contribution in [0, 0.1) is 11.8 Å². The van der Waals surface area contributed by atoms with E-state index in [-0.39, 0.29) is 36.2 Å². The van der Waals surface area contributed by atoms with Gasteiger partial charge in [-0.1, -0.05) is 64.8 Å². The molecule has 3 unspecified atom stereocenters. The summed E-state index contributed by atoms with van der Waals surface area (Å²) in [4.78, 5) is 50.6. The molecule has 0 saturated heterocycles. The molecule has 2 rings (SSSR count). The fourth-order valence-corrected chi connectivity index (χ4v) is 4.47. The highest BCUT2D eigenvalue weighted by Crippen LogP contribution is 2.32. The standard InChI is InChI=1S/C32H43NO9/c1-7-12-21(3)28(34)41-26-17-16-24(18-27(26)42-29(35)22(4)13-8-2)20-32(33,30(36)38-6)19-23(5)39-31(37)40-25-14-10-9-11-15-25/h9-11,14-18,21-23H,7-8,12-13,19-20,33H2,1-6H3/t21?,22?,23?,32-/m1/s1. The van der Waals surface area contributed by atoms with Crippen molar-refractivity contribution in [2.75, 3.05) is 7.11 Å². The molecule has 2 aromatic carbocycles. The van der Waals surface area contributed by atoms with Crippen LogP contribution in [0.4, 0.5) is 4.79 Å². The quantitative estimate of drug-likeness (QED) is 0.155. The monoisotopic (exact) mass is 585 g/mol. The second-order valence-electron chi connectivity index (χ2n) is 10.6. The molecule has 0 amide bonds. The zero-order valence-electron chi connectivity index (χ0n) is 25.3. The summed E-state index contributed by atoms with van der Waals surface area (Å²) in [5.74, 6) is -1.93. The highest BCUT2D eigenvalue weighted by atomic mass is 16.7. The minimum atomic E-state index is -1.62. The lowest BCUT2D eigenvalue weighted by molar-refractivity contribution is -0.148. The number of esters is 3. The summed E-state index contributed by atoms with van der Waals surface area (Å²) in [6, 6.07) is 13.1. The van der Waals surface area contributed by atoms with Crippen molar-refractivity contribution in [1.29, 1.82) is 0 Å². The van der Waals surface area contributed by atoms with Crippen LogP contribution in [0.2, 0.25) is 0 Å². The van der Waals surface area contributed by atoms with Crippen LogP contribution in [-0.4, -0.2) is 42.8 Å². The maximum Gasteiger partial charge on any atom is 0.514 e. The predicted octanol–water partition coefficient (Wildman–Crippen LogP) is 5.78. The van der Waals surface area contributed by atoms with Crippen molar-refractivity contribution in [3.8, 4) is 17.2 Å². The first-order valence-corrected chi connectivity index (χ1v) is 14.3. The van der Waals surface area contributed by atoms with Gasteiger partial charge in [-0.2, -0.15) is 0 Å². The Hall–Kier alpha value is -3.92. The van der Waals surface area contributed by atoms with Crippen LogP contribution in [0.15, 0.2) is 48.5 Å². The fraction of sp³-hybridized carbons (Fsp3) is 0.500. The minimum absolute atomic E-state index is 0.0421. The van der Waals surface area contributed by atoms with Crippen LogP contribution in [0.5, 0.6) is 17.2 Å². The summed E-state index contributed by atoms with van der Waals surface area (Å²) in [6.07, 6.45) is 0.948. The maximum absolute atomic E-state index is 12.8. The average Bonchev–Trinajstić information content (AvgIpc) is 2.94. The molecule has 0 aromatic heterocycles. The van der Waals surface area contributed by atoms with Gasteiger partial charge in [0, 0.05) is 12.8 Å². The fourth-order valence-electron chi connectivity index (χ4n) is 4.47. The molecule has 0 saturated carbocycles. The number of ether oxygens (including phenoxy) is 5. The van der Waals surface area contributed by atoms with E-state index in [0.717, 1.165) is 12.8 Å². The molecule has 4 atom stereocenters. The van der Waals surface area contributed by atoms with Gasteiger partial charge in [0.25, 0.3) is 0 Å².